The predicted molar refractivity (Wildman–Crippen MR) is 63.0 cm³/mol. The van der Waals surface area contributed by atoms with E-state index >= 15 is 0 Å². The van der Waals surface area contributed by atoms with E-state index in [9.17, 15) is 0 Å². The second-order valence-electron chi connectivity index (χ2n) is 4.02. The van der Waals surface area contributed by atoms with Crippen molar-refractivity contribution >= 4 is 0 Å². The molecule has 0 spiro atoms. The van der Waals surface area contributed by atoms with Gasteiger partial charge in [-0.2, -0.15) is 0 Å². The van der Waals surface area contributed by atoms with Crippen LogP contribution in [0.15, 0.2) is 6.07 Å². The summed E-state index contributed by atoms with van der Waals surface area (Å²) in [5.74, 6) is 2.50. The molecule has 1 aromatic carbocycles. The first kappa shape index (κ1) is 11.9. The van der Waals surface area contributed by atoms with Crippen molar-refractivity contribution < 1.29 is 18.9 Å². The molecule has 17 heavy (non-hydrogen) atoms. The van der Waals surface area contributed by atoms with E-state index in [2.05, 4.69) is 0 Å². The van der Waals surface area contributed by atoms with E-state index in [0.717, 1.165) is 5.56 Å². The summed E-state index contributed by atoms with van der Waals surface area (Å²) in [4.78, 5) is 0. The number of benzene rings is 1. The molecule has 0 bridgehead atoms. The molecule has 2 N–H and O–H groups in total. The van der Waals surface area contributed by atoms with Gasteiger partial charge >= 0.3 is 0 Å². The Morgan fingerprint density at radius 2 is 2.00 bits per heavy atom. The Bertz CT molecular complexity index is 417. The van der Waals surface area contributed by atoms with E-state index < -0.39 is 0 Å². The van der Waals surface area contributed by atoms with Gasteiger partial charge in [-0.1, -0.05) is 0 Å². The molecule has 0 fully saturated rings. The first-order valence-electron chi connectivity index (χ1n) is 5.46. The van der Waals surface area contributed by atoms with Gasteiger partial charge in [0.2, 0.25) is 18.3 Å². The van der Waals surface area contributed by atoms with Gasteiger partial charge in [-0.05, 0) is 19.4 Å². The van der Waals surface area contributed by atoms with Gasteiger partial charge in [-0.3, -0.25) is 0 Å². The zero-order chi connectivity index (χ0) is 12.4. The van der Waals surface area contributed by atoms with Crippen LogP contribution in [-0.4, -0.2) is 27.1 Å². The Hall–Kier alpha value is -1.62. The van der Waals surface area contributed by atoms with E-state index in [4.69, 9.17) is 24.7 Å². The Morgan fingerprint density at radius 3 is 2.59 bits per heavy atom. The van der Waals surface area contributed by atoms with E-state index in [1.165, 1.54) is 0 Å². The molecule has 1 aliphatic rings. The average Bonchev–Trinajstić information content (AvgIpc) is 2.73. The van der Waals surface area contributed by atoms with Crippen molar-refractivity contribution in [3.8, 4) is 23.0 Å². The number of hydrogen-bond acceptors (Lipinski definition) is 5. The van der Waals surface area contributed by atoms with Gasteiger partial charge in [0.1, 0.15) is 0 Å². The summed E-state index contributed by atoms with van der Waals surface area (Å²) in [5.41, 5.74) is 6.78. The van der Waals surface area contributed by atoms with E-state index in [0.29, 0.717) is 29.4 Å². The SMILES string of the molecule is COc1c(C[C@@H](C)N)cc2c(c1OC)OCO2. The van der Waals surface area contributed by atoms with Gasteiger partial charge < -0.3 is 24.7 Å². The smallest absolute Gasteiger partial charge is 0.231 e. The largest absolute Gasteiger partial charge is 0.492 e. The highest BCUT2D eigenvalue weighted by Gasteiger charge is 2.26. The Labute approximate surface area is 100 Å². The standard InChI is InChI=1S/C12H17NO4/c1-7(13)4-8-5-9-11(17-6-16-9)12(15-3)10(8)14-2/h5,7H,4,6,13H2,1-3H3/t7-/m1/s1. The molecule has 1 aromatic rings. The number of nitrogens with two attached hydrogens (primary N) is 1. The number of methoxy groups -OCH3 is 2. The van der Waals surface area contributed by atoms with Crippen LogP contribution in [-0.2, 0) is 6.42 Å². The summed E-state index contributed by atoms with van der Waals surface area (Å²) in [5, 5.41) is 0. The van der Waals surface area contributed by atoms with Gasteiger partial charge in [-0.25, -0.2) is 0 Å². The highest BCUT2D eigenvalue weighted by Crippen LogP contribution is 2.49. The highest BCUT2D eigenvalue weighted by molar-refractivity contribution is 5.63. The first-order chi connectivity index (χ1) is 8.17. The van der Waals surface area contributed by atoms with Crippen LogP contribution in [0.25, 0.3) is 0 Å². The zero-order valence-electron chi connectivity index (χ0n) is 10.3. The van der Waals surface area contributed by atoms with Gasteiger partial charge in [-0.15, -0.1) is 0 Å². The summed E-state index contributed by atoms with van der Waals surface area (Å²) in [6.07, 6.45) is 0.691. The maximum absolute atomic E-state index is 5.82. The van der Waals surface area contributed by atoms with Crippen LogP contribution < -0.4 is 24.7 Å². The predicted octanol–water partition coefficient (Wildman–Crippen LogP) is 1.32. The molecule has 5 heteroatoms. The molecule has 2 rings (SSSR count). The average molecular weight is 239 g/mol. The monoisotopic (exact) mass is 239 g/mol. The van der Waals surface area contributed by atoms with Crippen LogP contribution in [0.3, 0.4) is 0 Å². The lowest BCUT2D eigenvalue weighted by atomic mass is 10.0. The third-order valence-corrected chi connectivity index (χ3v) is 2.60. The lowest BCUT2D eigenvalue weighted by molar-refractivity contribution is 0.170. The maximum Gasteiger partial charge on any atom is 0.231 e. The molecule has 1 atom stereocenters. The van der Waals surface area contributed by atoms with Crippen LogP contribution >= 0.6 is 0 Å². The minimum Gasteiger partial charge on any atom is -0.492 e. The van der Waals surface area contributed by atoms with Crippen molar-refractivity contribution in [3.05, 3.63) is 11.6 Å². The summed E-state index contributed by atoms with van der Waals surface area (Å²) < 4.78 is 21.4. The molecule has 0 aliphatic carbocycles. The van der Waals surface area contributed by atoms with Crippen molar-refractivity contribution in [2.75, 3.05) is 21.0 Å². The molecule has 0 saturated heterocycles. The molecule has 94 valence electrons. The molecule has 0 aromatic heterocycles. The topological polar surface area (TPSA) is 62.9 Å². The number of fused-ring (bicyclic) bond motifs is 1. The van der Waals surface area contributed by atoms with Crippen LogP contribution in [0, 0.1) is 0 Å². The normalized spacial score (nSPS) is 14.6. The Morgan fingerprint density at radius 1 is 1.29 bits per heavy atom. The van der Waals surface area contributed by atoms with Crippen LogP contribution in [0.5, 0.6) is 23.0 Å². The Kier molecular flexibility index (Phi) is 3.28. The van der Waals surface area contributed by atoms with Gasteiger partial charge in [0.05, 0.1) is 14.2 Å². The van der Waals surface area contributed by atoms with Crippen LogP contribution in [0.1, 0.15) is 12.5 Å². The van der Waals surface area contributed by atoms with Gasteiger partial charge in [0.15, 0.2) is 11.5 Å². The zero-order valence-corrected chi connectivity index (χ0v) is 10.3. The summed E-state index contributed by atoms with van der Waals surface area (Å²) in [7, 11) is 3.18. The molecule has 1 heterocycles. The minimum absolute atomic E-state index is 0.0361. The van der Waals surface area contributed by atoms with Crippen molar-refractivity contribution in [1.82, 2.24) is 0 Å². The van der Waals surface area contributed by atoms with E-state index in [1.807, 2.05) is 13.0 Å². The highest BCUT2D eigenvalue weighted by atomic mass is 16.7. The number of hydrogen-bond donors (Lipinski definition) is 1. The van der Waals surface area contributed by atoms with Crippen molar-refractivity contribution in [2.45, 2.75) is 19.4 Å². The summed E-state index contributed by atoms with van der Waals surface area (Å²) in [6.45, 7) is 2.15. The van der Waals surface area contributed by atoms with Gasteiger partial charge in [0, 0.05) is 11.6 Å². The molecule has 1 aliphatic heterocycles. The second kappa shape index (κ2) is 4.71. The lowest BCUT2D eigenvalue weighted by Gasteiger charge is -2.15. The fraction of sp³-hybridized carbons (Fsp3) is 0.500. The molecular formula is C12H17NO4. The molecule has 0 unspecified atom stereocenters. The minimum atomic E-state index is 0.0361. The fourth-order valence-corrected chi connectivity index (χ4v) is 1.95. The van der Waals surface area contributed by atoms with Crippen molar-refractivity contribution in [1.29, 1.82) is 0 Å². The van der Waals surface area contributed by atoms with E-state index in [1.54, 1.807) is 14.2 Å². The maximum atomic E-state index is 5.82. The lowest BCUT2D eigenvalue weighted by Crippen LogP contribution is -2.18. The number of rotatable bonds is 4. The van der Waals surface area contributed by atoms with Crippen LogP contribution in [0.2, 0.25) is 0 Å². The number of ether oxygens (including phenoxy) is 4. The summed E-state index contributed by atoms with van der Waals surface area (Å²) in [6, 6.07) is 1.93. The quantitative estimate of drug-likeness (QED) is 0.858. The summed E-state index contributed by atoms with van der Waals surface area (Å²) >= 11 is 0. The molecule has 0 radical (unpaired) electrons. The van der Waals surface area contributed by atoms with Crippen LogP contribution in [0.4, 0.5) is 0 Å². The third kappa shape index (κ3) is 2.10. The van der Waals surface area contributed by atoms with Crippen molar-refractivity contribution in [3.63, 3.8) is 0 Å². The van der Waals surface area contributed by atoms with Crippen molar-refractivity contribution in [2.24, 2.45) is 5.73 Å². The first-order valence-corrected chi connectivity index (χ1v) is 5.46. The molecule has 0 saturated carbocycles. The molecule has 0 amide bonds. The molecular weight excluding hydrogens is 222 g/mol. The van der Waals surface area contributed by atoms with Gasteiger partial charge in [0.25, 0.3) is 0 Å². The second-order valence-corrected chi connectivity index (χ2v) is 4.02. The third-order valence-electron chi connectivity index (χ3n) is 2.60. The van der Waals surface area contributed by atoms with E-state index in [-0.39, 0.29) is 12.8 Å². The fourth-order valence-electron chi connectivity index (χ4n) is 1.95. The Balaban J connectivity index is 2.51. The molecule has 5 nitrogen and oxygen atoms in total.